The third-order valence-corrected chi connectivity index (χ3v) is 2.02. The molecule has 0 aromatic rings. The van der Waals surface area contributed by atoms with Crippen molar-refractivity contribution >= 4 is 17.9 Å². The molecule has 0 fully saturated rings. The lowest BCUT2D eigenvalue weighted by Crippen LogP contribution is -2.47. The maximum Gasteiger partial charge on any atom is 0.407 e. The molecule has 3 N–H and O–H groups in total. The number of nitrogens with one attached hydrogen (secondary N) is 3. The molecule has 116 valence electrons. The van der Waals surface area contributed by atoms with E-state index in [1.807, 2.05) is 0 Å². The summed E-state index contributed by atoms with van der Waals surface area (Å²) in [6.45, 7) is 10.6. The van der Waals surface area contributed by atoms with Crippen LogP contribution in [0.15, 0.2) is 0 Å². The number of rotatable bonds is 3. The Morgan fingerprint density at radius 2 is 1.50 bits per heavy atom. The number of hydrogen-bond acceptors (Lipinski definition) is 4. The molecule has 0 aliphatic rings. The number of amides is 3. The number of carbonyl (C=O) groups is 3. The fourth-order valence-corrected chi connectivity index (χ4v) is 0.969. The van der Waals surface area contributed by atoms with Crippen molar-refractivity contribution in [2.45, 2.75) is 53.6 Å². The Labute approximate surface area is 119 Å². The first-order chi connectivity index (χ1) is 8.92. The van der Waals surface area contributed by atoms with Crippen LogP contribution in [0.5, 0.6) is 0 Å². The van der Waals surface area contributed by atoms with Gasteiger partial charge in [-0.05, 0) is 20.8 Å². The van der Waals surface area contributed by atoms with Crippen LogP contribution in [0.3, 0.4) is 0 Å². The Kier molecular flexibility index (Phi) is 6.48. The summed E-state index contributed by atoms with van der Waals surface area (Å²) in [5.74, 6) is -0.676. The lowest BCUT2D eigenvalue weighted by molar-refractivity contribution is -0.133. The Morgan fingerprint density at radius 3 is 1.95 bits per heavy atom. The molecule has 0 aromatic carbocycles. The summed E-state index contributed by atoms with van der Waals surface area (Å²) in [4.78, 5) is 34.2. The summed E-state index contributed by atoms with van der Waals surface area (Å²) >= 11 is 0. The monoisotopic (exact) mass is 287 g/mol. The Balaban J connectivity index is 3.85. The molecule has 7 heteroatoms. The summed E-state index contributed by atoms with van der Waals surface area (Å²) in [6, 6.07) is 0. The lowest BCUT2D eigenvalue weighted by atomic mass is 9.96. The lowest BCUT2D eigenvalue weighted by Gasteiger charge is -2.20. The first-order valence-corrected chi connectivity index (χ1v) is 6.48. The zero-order valence-electron chi connectivity index (χ0n) is 13.0. The van der Waals surface area contributed by atoms with Crippen LogP contribution in [0, 0.1) is 5.41 Å². The minimum atomic E-state index is -0.581. The molecule has 0 rings (SSSR count). The topological polar surface area (TPSA) is 96.5 Å². The van der Waals surface area contributed by atoms with E-state index < -0.39 is 23.0 Å². The van der Waals surface area contributed by atoms with Gasteiger partial charge >= 0.3 is 6.09 Å². The summed E-state index contributed by atoms with van der Waals surface area (Å²) in [6.07, 6.45) is -0.534. The molecular formula is C13H25N3O4. The summed E-state index contributed by atoms with van der Waals surface area (Å²) < 4.78 is 5.01. The highest BCUT2D eigenvalue weighted by Crippen LogP contribution is 2.11. The number of ether oxygens (including phenoxy) is 1. The van der Waals surface area contributed by atoms with Crippen LogP contribution in [0.1, 0.15) is 48.0 Å². The maximum atomic E-state index is 11.5. The van der Waals surface area contributed by atoms with E-state index in [0.29, 0.717) is 0 Å². The number of carbonyl (C=O) groups excluding carboxylic acids is 3. The molecule has 0 radical (unpaired) electrons. The molecule has 0 spiro atoms. The van der Waals surface area contributed by atoms with Crippen LogP contribution >= 0.6 is 0 Å². The zero-order valence-corrected chi connectivity index (χ0v) is 13.0. The van der Waals surface area contributed by atoms with E-state index in [2.05, 4.69) is 16.2 Å². The fourth-order valence-electron chi connectivity index (χ4n) is 0.969. The van der Waals surface area contributed by atoms with Gasteiger partial charge in [-0.15, -0.1) is 0 Å². The largest absolute Gasteiger partial charge is 0.444 e. The molecule has 0 bridgehead atoms. The van der Waals surface area contributed by atoms with Gasteiger partial charge in [0.1, 0.15) is 5.60 Å². The SMILES string of the molecule is CC(C)(C)OC(=O)NCCC(=O)NNC(=O)C(C)(C)C. The number of hydrazine groups is 1. The van der Waals surface area contributed by atoms with Crippen molar-refractivity contribution < 1.29 is 19.1 Å². The molecule has 0 saturated heterocycles. The van der Waals surface area contributed by atoms with Gasteiger partial charge in [-0.25, -0.2) is 4.79 Å². The third-order valence-electron chi connectivity index (χ3n) is 2.02. The van der Waals surface area contributed by atoms with Gasteiger partial charge in [-0.1, -0.05) is 20.8 Å². The van der Waals surface area contributed by atoms with Gasteiger partial charge < -0.3 is 10.1 Å². The predicted octanol–water partition coefficient (Wildman–Crippen LogP) is 1.09. The van der Waals surface area contributed by atoms with Crippen molar-refractivity contribution in [3.63, 3.8) is 0 Å². The van der Waals surface area contributed by atoms with E-state index in [0.717, 1.165) is 0 Å². The second-order valence-electron chi connectivity index (χ2n) is 6.43. The summed E-state index contributed by atoms with van der Waals surface area (Å²) in [5, 5.41) is 2.45. The normalized spacial score (nSPS) is 11.5. The summed E-state index contributed by atoms with van der Waals surface area (Å²) in [5.41, 5.74) is 3.44. The predicted molar refractivity (Wildman–Crippen MR) is 74.6 cm³/mol. The zero-order chi connectivity index (χ0) is 16.0. The standard InChI is InChI=1S/C13H25N3O4/c1-12(2,3)10(18)16-15-9(17)7-8-14-11(19)20-13(4,5)6/h7-8H2,1-6H3,(H,14,19)(H,15,17)(H,16,18). The Bertz CT molecular complexity index is 367. The minimum absolute atomic E-state index is 0.0453. The molecule has 0 aliphatic carbocycles. The van der Waals surface area contributed by atoms with Gasteiger partial charge in [-0.2, -0.15) is 0 Å². The molecule has 0 atom stereocenters. The van der Waals surface area contributed by atoms with E-state index >= 15 is 0 Å². The Hall–Kier alpha value is -1.79. The van der Waals surface area contributed by atoms with Crippen LogP contribution in [-0.4, -0.2) is 30.1 Å². The maximum absolute atomic E-state index is 11.5. The number of alkyl carbamates (subject to hydrolysis) is 1. The van der Waals surface area contributed by atoms with Gasteiger partial charge in [0, 0.05) is 18.4 Å². The van der Waals surface area contributed by atoms with Gasteiger partial charge in [0.25, 0.3) is 0 Å². The van der Waals surface area contributed by atoms with E-state index in [4.69, 9.17) is 4.74 Å². The van der Waals surface area contributed by atoms with E-state index in [1.165, 1.54) is 0 Å². The molecular weight excluding hydrogens is 262 g/mol. The van der Waals surface area contributed by atoms with Crippen molar-refractivity contribution in [2.75, 3.05) is 6.54 Å². The van der Waals surface area contributed by atoms with Gasteiger partial charge in [-0.3, -0.25) is 20.4 Å². The molecule has 0 heterocycles. The molecule has 0 aliphatic heterocycles. The highest BCUT2D eigenvalue weighted by Gasteiger charge is 2.21. The van der Waals surface area contributed by atoms with E-state index in [1.54, 1.807) is 41.5 Å². The molecule has 7 nitrogen and oxygen atoms in total. The van der Waals surface area contributed by atoms with Gasteiger partial charge in [0.05, 0.1) is 0 Å². The molecule has 0 saturated carbocycles. The summed E-state index contributed by atoms with van der Waals surface area (Å²) in [7, 11) is 0. The molecule has 20 heavy (non-hydrogen) atoms. The fraction of sp³-hybridized carbons (Fsp3) is 0.769. The average Bonchev–Trinajstić information content (AvgIpc) is 2.21. The van der Waals surface area contributed by atoms with Crippen molar-refractivity contribution in [1.29, 1.82) is 0 Å². The number of hydrogen-bond donors (Lipinski definition) is 3. The van der Waals surface area contributed by atoms with Gasteiger partial charge in [0.2, 0.25) is 11.8 Å². The second-order valence-corrected chi connectivity index (χ2v) is 6.43. The first kappa shape index (κ1) is 18.2. The smallest absolute Gasteiger partial charge is 0.407 e. The molecule has 0 aromatic heterocycles. The van der Waals surface area contributed by atoms with Crippen LogP contribution in [-0.2, 0) is 14.3 Å². The second kappa shape index (κ2) is 7.12. The molecule has 3 amide bonds. The van der Waals surface area contributed by atoms with Crippen LogP contribution in [0.2, 0.25) is 0 Å². The van der Waals surface area contributed by atoms with E-state index in [-0.39, 0.29) is 18.9 Å². The third kappa shape index (κ3) is 9.18. The van der Waals surface area contributed by atoms with Crippen molar-refractivity contribution in [2.24, 2.45) is 5.41 Å². The highest BCUT2D eigenvalue weighted by atomic mass is 16.6. The van der Waals surface area contributed by atoms with Crippen LogP contribution in [0.4, 0.5) is 4.79 Å². The first-order valence-electron chi connectivity index (χ1n) is 6.48. The van der Waals surface area contributed by atoms with Crippen LogP contribution < -0.4 is 16.2 Å². The van der Waals surface area contributed by atoms with Crippen molar-refractivity contribution in [1.82, 2.24) is 16.2 Å². The average molecular weight is 287 g/mol. The highest BCUT2D eigenvalue weighted by molar-refractivity contribution is 5.85. The van der Waals surface area contributed by atoms with Gasteiger partial charge in [0.15, 0.2) is 0 Å². The Morgan fingerprint density at radius 1 is 0.950 bits per heavy atom. The van der Waals surface area contributed by atoms with Crippen molar-refractivity contribution in [3.8, 4) is 0 Å². The quantitative estimate of drug-likeness (QED) is 0.677. The van der Waals surface area contributed by atoms with Crippen molar-refractivity contribution in [3.05, 3.63) is 0 Å². The van der Waals surface area contributed by atoms with Crippen LogP contribution in [0.25, 0.3) is 0 Å². The molecule has 0 unspecified atom stereocenters. The van der Waals surface area contributed by atoms with E-state index in [9.17, 15) is 14.4 Å². The minimum Gasteiger partial charge on any atom is -0.444 e.